The second-order valence-electron chi connectivity index (χ2n) is 7.12. The Balaban J connectivity index is 2.29. The molecule has 0 radical (unpaired) electrons. The number of nitrogens with one attached hydrogen (secondary N) is 3. The van der Waals surface area contributed by atoms with Crippen LogP contribution in [0.5, 0.6) is 0 Å². The van der Waals surface area contributed by atoms with Gasteiger partial charge in [0, 0.05) is 25.2 Å². The molecule has 0 aromatic heterocycles. The number of hydrogen-bond acceptors (Lipinski definition) is 3. The van der Waals surface area contributed by atoms with Crippen LogP contribution in [0.25, 0.3) is 0 Å². The maximum atomic E-state index is 12.0. The van der Waals surface area contributed by atoms with Crippen molar-refractivity contribution in [1.29, 1.82) is 0 Å². The van der Waals surface area contributed by atoms with Crippen LogP contribution in [0.3, 0.4) is 0 Å². The van der Waals surface area contributed by atoms with Gasteiger partial charge in [-0.15, -0.1) is 0 Å². The molecule has 1 saturated heterocycles. The maximum absolute atomic E-state index is 12.0. The van der Waals surface area contributed by atoms with Crippen LogP contribution in [0.15, 0.2) is 0 Å². The number of likely N-dealkylation sites (tertiary alicyclic amines) is 1. The molecule has 25 heavy (non-hydrogen) atoms. The highest BCUT2D eigenvalue weighted by Gasteiger charge is 2.30. The lowest BCUT2D eigenvalue weighted by Crippen LogP contribution is -2.51. The molecule has 0 unspecified atom stereocenters. The Morgan fingerprint density at radius 2 is 1.52 bits per heavy atom. The summed E-state index contributed by atoms with van der Waals surface area (Å²) in [5.41, 5.74) is -0.328. The van der Waals surface area contributed by atoms with Gasteiger partial charge in [0.2, 0.25) is 0 Å². The third-order valence-electron chi connectivity index (χ3n) is 3.59. The molecule has 1 heterocycles. The molecular formula is C15H25F3N4O3. The summed E-state index contributed by atoms with van der Waals surface area (Å²) in [5, 5.41) is 6.72. The van der Waals surface area contributed by atoms with Gasteiger partial charge in [-0.2, -0.15) is 13.2 Å². The summed E-state index contributed by atoms with van der Waals surface area (Å²) in [5.74, 6) is -2.32. The van der Waals surface area contributed by atoms with Gasteiger partial charge in [-0.05, 0) is 39.5 Å². The number of urea groups is 1. The zero-order valence-electron chi connectivity index (χ0n) is 14.6. The molecule has 0 aromatic carbocycles. The lowest BCUT2D eigenvalue weighted by Gasteiger charge is -2.34. The largest absolute Gasteiger partial charge is 0.405 e. The number of carbonyl (C=O) groups excluding carboxylic acids is 3. The summed E-state index contributed by atoms with van der Waals surface area (Å²) in [6.07, 6.45) is -3.28. The van der Waals surface area contributed by atoms with Crippen LogP contribution in [0.1, 0.15) is 33.6 Å². The standard InChI is InChI=1S/C15H25F3N4O3/c1-14(2,3)21-13(25)22-6-4-10(5-7-22)8-19-11(23)12(24)20-9-15(16,17)18/h10H,4-9H2,1-3H3,(H,19,23)(H,20,24)(H,21,25). The molecule has 1 aliphatic rings. The Kier molecular flexibility index (Phi) is 7.06. The van der Waals surface area contributed by atoms with E-state index in [1.54, 1.807) is 4.90 Å². The molecule has 1 fully saturated rings. The van der Waals surface area contributed by atoms with Gasteiger partial charge < -0.3 is 20.9 Å². The van der Waals surface area contributed by atoms with E-state index in [9.17, 15) is 27.6 Å². The van der Waals surface area contributed by atoms with E-state index < -0.39 is 24.5 Å². The molecule has 10 heteroatoms. The van der Waals surface area contributed by atoms with Gasteiger partial charge in [-0.3, -0.25) is 9.59 Å². The summed E-state index contributed by atoms with van der Waals surface area (Å²) in [7, 11) is 0. The minimum atomic E-state index is -4.56. The first-order valence-electron chi connectivity index (χ1n) is 8.07. The van der Waals surface area contributed by atoms with Crippen molar-refractivity contribution in [3.63, 3.8) is 0 Å². The molecule has 0 bridgehead atoms. The molecule has 0 aromatic rings. The van der Waals surface area contributed by atoms with Crippen molar-refractivity contribution in [2.45, 2.75) is 45.3 Å². The quantitative estimate of drug-likeness (QED) is 0.651. The van der Waals surface area contributed by atoms with Gasteiger partial charge >= 0.3 is 24.0 Å². The van der Waals surface area contributed by atoms with Crippen molar-refractivity contribution >= 4 is 17.8 Å². The number of carbonyl (C=O) groups is 3. The Hall–Kier alpha value is -2.00. The van der Waals surface area contributed by atoms with Crippen molar-refractivity contribution < 1.29 is 27.6 Å². The summed E-state index contributed by atoms with van der Waals surface area (Å²) >= 11 is 0. The van der Waals surface area contributed by atoms with Gasteiger partial charge in [-0.1, -0.05) is 0 Å². The van der Waals surface area contributed by atoms with Crippen molar-refractivity contribution in [2.24, 2.45) is 5.92 Å². The second kappa shape index (κ2) is 8.39. The average molecular weight is 366 g/mol. The first-order chi connectivity index (χ1) is 11.4. The molecule has 144 valence electrons. The molecule has 1 rings (SSSR count). The normalized spacial score (nSPS) is 16.3. The zero-order chi connectivity index (χ0) is 19.3. The molecule has 3 N–H and O–H groups in total. The number of alkyl halides is 3. The molecule has 7 nitrogen and oxygen atoms in total. The van der Waals surface area contributed by atoms with E-state index in [1.165, 1.54) is 5.32 Å². The second-order valence-corrected chi connectivity index (χ2v) is 7.12. The summed E-state index contributed by atoms with van der Waals surface area (Å²) < 4.78 is 35.9. The molecule has 0 saturated carbocycles. The van der Waals surface area contributed by atoms with Crippen molar-refractivity contribution in [1.82, 2.24) is 20.9 Å². The van der Waals surface area contributed by atoms with E-state index >= 15 is 0 Å². The van der Waals surface area contributed by atoms with E-state index in [0.717, 1.165) is 0 Å². The maximum Gasteiger partial charge on any atom is 0.405 e. The molecule has 1 aliphatic heterocycles. The highest BCUT2D eigenvalue weighted by Crippen LogP contribution is 2.17. The predicted molar refractivity (Wildman–Crippen MR) is 84.7 cm³/mol. The number of amides is 4. The Bertz CT molecular complexity index is 495. The fourth-order valence-electron chi connectivity index (χ4n) is 2.32. The van der Waals surface area contributed by atoms with Crippen LogP contribution in [0, 0.1) is 5.92 Å². The average Bonchev–Trinajstić information content (AvgIpc) is 2.48. The van der Waals surface area contributed by atoms with Crippen LogP contribution in [-0.4, -0.2) is 60.6 Å². The first kappa shape index (κ1) is 21.0. The predicted octanol–water partition coefficient (Wildman–Crippen LogP) is 1.00. The highest BCUT2D eigenvalue weighted by atomic mass is 19.4. The molecule has 0 spiro atoms. The fraction of sp³-hybridized carbons (Fsp3) is 0.800. The SMILES string of the molecule is CC(C)(C)NC(=O)N1CCC(CNC(=O)C(=O)NCC(F)(F)F)CC1. The topological polar surface area (TPSA) is 90.5 Å². The highest BCUT2D eigenvalue weighted by molar-refractivity contribution is 6.35. The van der Waals surface area contributed by atoms with E-state index in [1.807, 2.05) is 20.8 Å². The van der Waals surface area contributed by atoms with Gasteiger partial charge in [-0.25, -0.2) is 4.79 Å². The number of piperidine rings is 1. The van der Waals surface area contributed by atoms with Crippen molar-refractivity contribution in [3.8, 4) is 0 Å². The first-order valence-corrected chi connectivity index (χ1v) is 8.07. The van der Waals surface area contributed by atoms with E-state index in [4.69, 9.17) is 0 Å². The Morgan fingerprint density at radius 1 is 1.00 bits per heavy atom. The number of halogens is 3. The third-order valence-corrected chi connectivity index (χ3v) is 3.59. The van der Waals surface area contributed by atoms with E-state index in [0.29, 0.717) is 25.9 Å². The van der Waals surface area contributed by atoms with Gasteiger partial charge in [0.25, 0.3) is 0 Å². The van der Waals surface area contributed by atoms with Gasteiger partial charge in [0.15, 0.2) is 0 Å². The van der Waals surface area contributed by atoms with Gasteiger partial charge in [0.05, 0.1) is 0 Å². The van der Waals surface area contributed by atoms with E-state index in [-0.39, 0.29) is 24.0 Å². The monoisotopic (exact) mass is 366 g/mol. The molecule has 4 amide bonds. The molecule has 0 aliphatic carbocycles. The van der Waals surface area contributed by atoms with Crippen LogP contribution >= 0.6 is 0 Å². The zero-order valence-corrected chi connectivity index (χ0v) is 14.6. The number of rotatable bonds is 3. The number of nitrogens with zero attached hydrogens (tertiary/aromatic N) is 1. The van der Waals surface area contributed by atoms with Crippen molar-refractivity contribution in [3.05, 3.63) is 0 Å². The van der Waals surface area contributed by atoms with Crippen LogP contribution < -0.4 is 16.0 Å². The fourth-order valence-corrected chi connectivity index (χ4v) is 2.32. The third kappa shape index (κ3) is 8.59. The van der Waals surface area contributed by atoms with Crippen LogP contribution in [0.2, 0.25) is 0 Å². The lowest BCUT2D eigenvalue weighted by atomic mass is 9.97. The Morgan fingerprint density at radius 3 is 2.00 bits per heavy atom. The molecule has 0 atom stereocenters. The summed E-state index contributed by atoms with van der Waals surface area (Å²) in [6, 6.07) is -0.151. The summed E-state index contributed by atoms with van der Waals surface area (Å²) in [6.45, 7) is 5.34. The van der Waals surface area contributed by atoms with Gasteiger partial charge in [0.1, 0.15) is 6.54 Å². The van der Waals surface area contributed by atoms with Crippen LogP contribution in [0.4, 0.5) is 18.0 Å². The lowest BCUT2D eigenvalue weighted by molar-refractivity contribution is -0.146. The van der Waals surface area contributed by atoms with Crippen molar-refractivity contribution in [2.75, 3.05) is 26.2 Å². The van der Waals surface area contributed by atoms with E-state index in [2.05, 4.69) is 10.6 Å². The molecular weight excluding hydrogens is 341 g/mol. The minimum Gasteiger partial charge on any atom is -0.348 e. The Labute approximate surface area is 144 Å². The minimum absolute atomic E-state index is 0.0676. The smallest absolute Gasteiger partial charge is 0.348 e. The number of hydrogen-bond donors (Lipinski definition) is 3. The van der Waals surface area contributed by atoms with Crippen LogP contribution in [-0.2, 0) is 9.59 Å². The summed E-state index contributed by atoms with van der Waals surface area (Å²) in [4.78, 5) is 36.4.